The average molecular weight is 325 g/mol. The highest BCUT2D eigenvalue weighted by atomic mass is 79.9. The molecule has 0 aliphatic heterocycles. The minimum Gasteiger partial charge on any atom is -0.326 e. The minimum absolute atomic E-state index is 0.574. The zero-order valence-corrected chi connectivity index (χ0v) is 13.0. The maximum absolute atomic E-state index is 5.81. The average Bonchev–Trinajstić information content (AvgIpc) is 2.71. The standard InChI is InChI=1S/C14H17BrN2S/c1-9(2)7-12-13(8-16)18-14(17-12)10-5-3-4-6-11(10)15/h3-6,9H,7-8,16H2,1-2H3. The van der Waals surface area contributed by atoms with Crippen molar-refractivity contribution in [3.05, 3.63) is 39.3 Å². The van der Waals surface area contributed by atoms with Crippen LogP contribution in [0.25, 0.3) is 10.6 Å². The van der Waals surface area contributed by atoms with Gasteiger partial charge in [0, 0.05) is 21.5 Å². The lowest BCUT2D eigenvalue weighted by Crippen LogP contribution is -2.01. The predicted molar refractivity (Wildman–Crippen MR) is 81.7 cm³/mol. The molecule has 0 amide bonds. The normalized spacial score (nSPS) is 11.2. The van der Waals surface area contributed by atoms with Gasteiger partial charge in [0.25, 0.3) is 0 Å². The van der Waals surface area contributed by atoms with Crippen LogP contribution in [0.4, 0.5) is 0 Å². The number of benzene rings is 1. The van der Waals surface area contributed by atoms with Crippen LogP contribution in [0.5, 0.6) is 0 Å². The van der Waals surface area contributed by atoms with Gasteiger partial charge in [0.1, 0.15) is 5.01 Å². The summed E-state index contributed by atoms with van der Waals surface area (Å²) in [4.78, 5) is 5.96. The maximum atomic E-state index is 5.81. The third-order valence-electron chi connectivity index (χ3n) is 2.67. The fourth-order valence-corrected chi connectivity index (χ4v) is 3.45. The Morgan fingerprint density at radius 1 is 1.33 bits per heavy atom. The van der Waals surface area contributed by atoms with E-state index in [1.54, 1.807) is 11.3 Å². The molecule has 0 fully saturated rings. The van der Waals surface area contributed by atoms with Gasteiger partial charge < -0.3 is 5.73 Å². The fourth-order valence-electron chi connectivity index (χ4n) is 1.84. The highest BCUT2D eigenvalue weighted by Gasteiger charge is 2.14. The largest absolute Gasteiger partial charge is 0.326 e. The van der Waals surface area contributed by atoms with Crippen LogP contribution in [0, 0.1) is 5.92 Å². The molecule has 0 unspecified atom stereocenters. The first-order valence-corrected chi connectivity index (χ1v) is 7.66. The number of hydrogen-bond acceptors (Lipinski definition) is 3. The Kier molecular flexibility index (Phi) is 4.54. The van der Waals surface area contributed by atoms with Gasteiger partial charge >= 0.3 is 0 Å². The molecule has 4 heteroatoms. The molecule has 0 aliphatic carbocycles. The van der Waals surface area contributed by atoms with Crippen molar-refractivity contribution in [2.45, 2.75) is 26.8 Å². The summed E-state index contributed by atoms with van der Waals surface area (Å²) in [7, 11) is 0. The summed E-state index contributed by atoms with van der Waals surface area (Å²) in [6.07, 6.45) is 0.994. The lowest BCUT2D eigenvalue weighted by atomic mass is 10.1. The first-order chi connectivity index (χ1) is 8.61. The molecule has 0 radical (unpaired) electrons. The van der Waals surface area contributed by atoms with Crippen molar-refractivity contribution in [2.24, 2.45) is 11.7 Å². The van der Waals surface area contributed by atoms with Crippen LogP contribution in [-0.4, -0.2) is 4.98 Å². The number of thiazole rings is 1. The molecule has 18 heavy (non-hydrogen) atoms. The maximum Gasteiger partial charge on any atom is 0.125 e. The third-order valence-corrected chi connectivity index (χ3v) is 4.51. The quantitative estimate of drug-likeness (QED) is 0.914. The van der Waals surface area contributed by atoms with Crippen molar-refractivity contribution >= 4 is 27.3 Å². The van der Waals surface area contributed by atoms with Gasteiger partial charge in [-0.1, -0.05) is 48.0 Å². The van der Waals surface area contributed by atoms with Gasteiger partial charge in [-0.2, -0.15) is 0 Å². The molecule has 1 aromatic heterocycles. The van der Waals surface area contributed by atoms with Gasteiger partial charge in [0.15, 0.2) is 0 Å². The van der Waals surface area contributed by atoms with E-state index in [4.69, 9.17) is 10.7 Å². The summed E-state index contributed by atoms with van der Waals surface area (Å²) in [6, 6.07) is 8.18. The monoisotopic (exact) mass is 324 g/mol. The van der Waals surface area contributed by atoms with E-state index in [1.165, 1.54) is 4.88 Å². The molecule has 0 bridgehead atoms. The van der Waals surface area contributed by atoms with Crippen molar-refractivity contribution in [3.63, 3.8) is 0 Å². The van der Waals surface area contributed by atoms with Crippen molar-refractivity contribution in [1.29, 1.82) is 0 Å². The second kappa shape index (κ2) is 5.95. The Morgan fingerprint density at radius 3 is 2.67 bits per heavy atom. The highest BCUT2D eigenvalue weighted by Crippen LogP contribution is 2.33. The molecule has 1 heterocycles. The number of aromatic nitrogens is 1. The van der Waals surface area contributed by atoms with Gasteiger partial charge in [-0.25, -0.2) is 4.98 Å². The first kappa shape index (κ1) is 13.7. The van der Waals surface area contributed by atoms with Crippen LogP contribution >= 0.6 is 27.3 Å². The molecular weight excluding hydrogens is 308 g/mol. The van der Waals surface area contributed by atoms with E-state index < -0.39 is 0 Å². The topological polar surface area (TPSA) is 38.9 Å². The Labute approximate surface area is 120 Å². The first-order valence-electron chi connectivity index (χ1n) is 6.05. The van der Waals surface area contributed by atoms with Crippen LogP contribution in [0.3, 0.4) is 0 Å². The van der Waals surface area contributed by atoms with Crippen molar-refractivity contribution in [3.8, 4) is 10.6 Å². The summed E-state index contributed by atoms with van der Waals surface area (Å²) >= 11 is 5.28. The van der Waals surface area contributed by atoms with Gasteiger partial charge in [-0.3, -0.25) is 0 Å². The fraction of sp³-hybridized carbons (Fsp3) is 0.357. The Morgan fingerprint density at radius 2 is 2.06 bits per heavy atom. The molecule has 96 valence electrons. The van der Waals surface area contributed by atoms with Crippen LogP contribution in [0.2, 0.25) is 0 Å². The SMILES string of the molecule is CC(C)Cc1nc(-c2ccccc2Br)sc1CN. The van der Waals surface area contributed by atoms with Gasteiger partial charge in [-0.05, 0) is 18.4 Å². The number of nitrogens with zero attached hydrogens (tertiary/aromatic N) is 1. The smallest absolute Gasteiger partial charge is 0.125 e. The molecule has 0 atom stereocenters. The molecule has 0 saturated carbocycles. The molecule has 2 aromatic rings. The third kappa shape index (κ3) is 2.99. The Hall–Kier alpha value is -0.710. The van der Waals surface area contributed by atoms with Crippen molar-refractivity contribution in [2.75, 3.05) is 0 Å². The van der Waals surface area contributed by atoms with Crippen LogP contribution < -0.4 is 5.73 Å². The lowest BCUT2D eigenvalue weighted by molar-refractivity contribution is 0.634. The predicted octanol–water partition coefficient (Wildman–Crippen LogP) is 4.23. The summed E-state index contributed by atoms with van der Waals surface area (Å²) < 4.78 is 1.08. The summed E-state index contributed by atoms with van der Waals surface area (Å²) in [6.45, 7) is 4.99. The Balaban J connectivity index is 2.41. The Bertz CT molecular complexity index is 534. The second-order valence-corrected chi connectivity index (χ2v) is 6.61. The van der Waals surface area contributed by atoms with Crippen LogP contribution in [-0.2, 0) is 13.0 Å². The number of halogens is 1. The second-order valence-electron chi connectivity index (χ2n) is 4.67. The number of hydrogen-bond donors (Lipinski definition) is 1. The van der Waals surface area contributed by atoms with Crippen molar-refractivity contribution in [1.82, 2.24) is 4.98 Å². The van der Waals surface area contributed by atoms with Crippen molar-refractivity contribution < 1.29 is 0 Å². The molecule has 0 aliphatic rings. The molecule has 2 N–H and O–H groups in total. The zero-order valence-electron chi connectivity index (χ0n) is 10.6. The molecule has 1 aromatic carbocycles. The summed E-state index contributed by atoms with van der Waals surface area (Å²) in [5.41, 5.74) is 8.12. The van der Waals surface area contributed by atoms with E-state index >= 15 is 0 Å². The van der Waals surface area contributed by atoms with E-state index in [0.717, 1.165) is 27.2 Å². The summed E-state index contributed by atoms with van der Waals surface area (Å²) in [5.74, 6) is 0.601. The minimum atomic E-state index is 0.574. The number of rotatable bonds is 4. The molecular formula is C14H17BrN2S. The van der Waals surface area contributed by atoms with E-state index in [2.05, 4.69) is 35.8 Å². The van der Waals surface area contributed by atoms with E-state index in [9.17, 15) is 0 Å². The molecule has 2 rings (SSSR count). The highest BCUT2D eigenvalue weighted by molar-refractivity contribution is 9.10. The van der Waals surface area contributed by atoms with Gasteiger partial charge in [0.2, 0.25) is 0 Å². The van der Waals surface area contributed by atoms with Gasteiger partial charge in [-0.15, -0.1) is 11.3 Å². The molecule has 0 spiro atoms. The van der Waals surface area contributed by atoms with Gasteiger partial charge in [0.05, 0.1) is 5.69 Å². The lowest BCUT2D eigenvalue weighted by Gasteiger charge is -2.02. The zero-order chi connectivity index (χ0) is 13.1. The van der Waals surface area contributed by atoms with Crippen LogP contribution in [0.1, 0.15) is 24.4 Å². The summed E-state index contributed by atoms with van der Waals surface area (Å²) in [5, 5.41) is 1.05. The van der Waals surface area contributed by atoms with E-state index in [1.807, 2.05) is 18.2 Å². The van der Waals surface area contributed by atoms with E-state index in [0.29, 0.717) is 12.5 Å². The van der Waals surface area contributed by atoms with E-state index in [-0.39, 0.29) is 0 Å². The number of nitrogens with two attached hydrogens (primary N) is 1. The molecule has 2 nitrogen and oxygen atoms in total. The molecule has 0 saturated heterocycles. The van der Waals surface area contributed by atoms with Crippen LogP contribution in [0.15, 0.2) is 28.7 Å².